The van der Waals surface area contributed by atoms with Gasteiger partial charge >= 0.3 is 0 Å². The van der Waals surface area contributed by atoms with Crippen molar-refractivity contribution in [2.75, 3.05) is 13.1 Å². The van der Waals surface area contributed by atoms with Crippen molar-refractivity contribution in [2.24, 2.45) is 0 Å². The highest BCUT2D eigenvalue weighted by molar-refractivity contribution is 9.10. The Morgan fingerprint density at radius 2 is 2.06 bits per heavy atom. The number of hydrogen-bond acceptors (Lipinski definition) is 3. The Morgan fingerprint density at radius 1 is 1.35 bits per heavy atom. The monoisotopic (exact) mass is 338 g/mol. The average molecular weight is 339 g/mol. The highest BCUT2D eigenvalue weighted by Crippen LogP contribution is 2.22. The molecule has 1 aromatic rings. The second kappa shape index (κ2) is 5.79. The third-order valence-corrected chi connectivity index (χ3v) is 6.24. The minimum absolute atomic E-state index is 0.358. The molecule has 0 radical (unpaired) electrons. The van der Waals surface area contributed by atoms with Crippen LogP contribution in [0.3, 0.4) is 0 Å². The highest BCUT2D eigenvalue weighted by atomic mass is 79.9. The van der Waals surface area contributed by atoms with E-state index >= 15 is 0 Å². The molecule has 0 aromatic carbocycles. The third-order valence-electron chi connectivity index (χ3n) is 2.76. The molecule has 0 spiro atoms. The van der Waals surface area contributed by atoms with Gasteiger partial charge in [0.2, 0.25) is 0 Å². The predicted molar refractivity (Wildman–Crippen MR) is 73.2 cm³/mol. The van der Waals surface area contributed by atoms with Gasteiger partial charge in [0, 0.05) is 29.0 Å². The molecule has 1 fully saturated rings. The number of nitrogens with one attached hydrogen (secondary N) is 1. The van der Waals surface area contributed by atoms with Crippen molar-refractivity contribution in [3.63, 3.8) is 0 Å². The van der Waals surface area contributed by atoms with Gasteiger partial charge in [-0.05, 0) is 40.2 Å². The van der Waals surface area contributed by atoms with Crippen LogP contribution in [0.5, 0.6) is 0 Å². The molecule has 1 saturated heterocycles. The van der Waals surface area contributed by atoms with Gasteiger partial charge in [0.1, 0.15) is 0 Å². The fourth-order valence-corrected chi connectivity index (χ4v) is 4.58. The summed E-state index contributed by atoms with van der Waals surface area (Å²) < 4.78 is 29.1. The van der Waals surface area contributed by atoms with Gasteiger partial charge in [-0.25, -0.2) is 0 Å². The van der Waals surface area contributed by atoms with Crippen LogP contribution in [-0.2, 0) is 16.8 Å². The molecule has 17 heavy (non-hydrogen) atoms. The van der Waals surface area contributed by atoms with Crippen LogP contribution in [0.4, 0.5) is 0 Å². The van der Waals surface area contributed by atoms with Crippen LogP contribution in [0.25, 0.3) is 0 Å². The van der Waals surface area contributed by atoms with Gasteiger partial charge in [0.25, 0.3) is 10.2 Å². The van der Waals surface area contributed by atoms with Gasteiger partial charge in [0.15, 0.2) is 0 Å². The van der Waals surface area contributed by atoms with E-state index in [4.69, 9.17) is 0 Å². The van der Waals surface area contributed by atoms with E-state index in [9.17, 15) is 8.42 Å². The van der Waals surface area contributed by atoms with Crippen LogP contribution in [0, 0.1) is 0 Å². The molecule has 0 saturated carbocycles. The van der Waals surface area contributed by atoms with Crippen LogP contribution >= 0.6 is 27.3 Å². The molecule has 0 bridgehead atoms. The molecular formula is C10H15BrN2O2S2. The lowest BCUT2D eigenvalue weighted by Crippen LogP contribution is -2.43. The Labute approximate surface area is 114 Å². The van der Waals surface area contributed by atoms with E-state index in [2.05, 4.69) is 20.7 Å². The van der Waals surface area contributed by atoms with Gasteiger partial charge in [0.05, 0.1) is 0 Å². The zero-order valence-electron chi connectivity index (χ0n) is 9.36. The van der Waals surface area contributed by atoms with Crippen molar-refractivity contribution in [3.8, 4) is 0 Å². The lowest BCUT2D eigenvalue weighted by atomic mass is 10.2. The first-order chi connectivity index (χ1) is 8.09. The van der Waals surface area contributed by atoms with E-state index < -0.39 is 10.2 Å². The van der Waals surface area contributed by atoms with E-state index in [0.29, 0.717) is 19.6 Å². The SMILES string of the molecule is O=S(=O)(NCc1sccc1Br)N1CCCCC1. The number of piperidine rings is 1. The van der Waals surface area contributed by atoms with E-state index in [1.165, 1.54) is 4.31 Å². The summed E-state index contributed by atoms with van der Waals surface area (Å²) in [5.41, 5.74) is 0. The summed E-state index contributed by atoms with van der Waals surface area (Å²) in [6.45, 7) is 1.64. The Morgan fingerprint density at radius 3 is 2.65 bits per heavy atom. The van der Waals surface area contributed by atoms with Crippen molar-refractivity contribution < 1.29 is 8.42 Å². The summed E-state index contributed by atoms with van der Waals surface area (Å²) in [6.07, 6.45) is 3.05. The van der Waals surface area contributed by atoms with Gasteiger partial charge in [-0.1, -0.05) is 6.42 Å². The summed E-state index contributed by atoms with van der Waals surface area (Å²) in [5, 5.41) is 1.94. The molecule has 1 aliphatic heterocycles. The van der Waals surface area contributed by atoms with Crippen molar-refractivity contribution in [2.45, 2.75) is 25.8 Å². The molecule has 0 unspecified atom stereocenters. The smallest absolute Gasteiger partial charge is 0.197 e. The molecule has 1 N–H and O–H groups in total. The third kappa shape index (κ3) is 3.51. The lowest BCUT2D eigenvalue weighted by molar-refractivity contribution is 0.341. The normalized spacial score (nSPS) is 18.4. The fourth-order valence-electron chi connectivity index (χ4n) is 1.80. The minimum Gasteiger partial charge on any atom is -0.197 e. The predicted octanol–water partition coefficient (Wildman–Crippen LogP) is 2.33. The molecule has 0 atom stereocenters. The Hall–Kier alpha value is 0.0500. The summed E-state index contributed by atoms with van der Waals surface area (Å²) >= 11 is 4.94. The quantitative estimate of drug-likeness (QED) is 0.915. The van der Waals surface area contributed by atoms with Crippen molar-refractivity contribution in [1.82, 2.24) is 9.03 Å². The second-order valence-electron chi connectivity index (χ2n) is 3.98. The van der Waals surface area contributed by atoms with E-state index in [1.807, 2.05) is 11.4 Å². The number of nitrogens with zero attached hydrogens (tertiary/aromatic N) is 1. The standard InChI is InChI=1S/C10H15BrN2O2S2/c11-9-4-7-16-10(9)8-12-17(14,15)13-5-2-1-3-6-13/h4,7,12H,1-3,5-6,8H2. The van der Waals surface area contributed by atoms with Gasteiger partial charge < -0.3 is 0 Å². The zero-order valence-corrected chi connectivity index (χ0v) is 12.6. The fraction of sp³-hybridized carbons (Fsp3) is 0.600. The first-order valence-corrected chi connectivity index (χ1v) is 8.67. The maximum atomic E-state index is 12.0. The first-order valence-electron chi connectivity index (χ1n) is 5.56. The van der Waals surface area contributed by atoms with E-state index in [0.717, 1.165) is 28.6 Å². The summed E-state index contributed by atoms with van der Waals surface area (Å²) in [5.74, 6) is 0. The summed E-state index contributed by atoms with van der Waals surface area (Å²) in [4.78, 5) is 1.01. The molecule has 4 nitrogen and oxygen atoms in total. The number of halogens is 1. The van der Waals surface area contributed by atoms with Crippen LogP contribution in [0.2, 0.25) is 0 Å². The first kappa shape index (κ1) is 13.5. The molecule has 7 heteroatoms. The van der Waals surface area contributed by atoms with Crippen molar-refractivity contribution in [1.29, 1.82) is 0 Å². The molecule has 2 heterocycles. The van der Waals surface area contributed by atoms with Gasteiger partial charge in [-0.3, -0.25) is 0 Å². The number of rotatable bonds is 4. The maximum Gasteiger partial charge on any atom is 0.279 e. The molecule has 1 aromatic heterocycles. The van der Waals surface area contributed by atoms with Crippen LogP contribution in [-0.4, -0.2) is 25.8 Å². The van der Waals surface area contributed by atoms with Crippen LogP contribution < -0.4 is 4.72 Å². The Balaban J connectivity index is 1.95. The van der Waals surface area contributed by atoms with Crippen molar-refractivity contribution in [3.05, 3.63) is 20.8 Å². The Kier molecular flexibility index (Phi) is 4.59. The molecular weight excluding hydrogens is 324 g/mol. The zero-order chi connectivity index (χ0) is 12.3. The summed E-state index contributed by atoms with van der Waals surface area (Å²) in [7, 11) is -3.31. The number of hydrogen-bond donors (Lipinski definition) is 1. The second-order valence-corrected chi connectivity index (χ2v) is 7.59. The van der Waals surface area contributed by atoms with Gasteiger partial charge in [-0.15, -0.1) is 11.3 Å². The molecule has 1 aliphatic rings. The van der Waals surface area contributed by atoms with E-state index in [1.54, 1.807) is 11.3 Å². The summed E-state index contributed by atoms with van der Waals surface area (Å²) in [6, 6.07) is 1.93. The van der Waals surface area contributed by atoms with Crippen molar-refractivity contribution >= 4 is 37.5 Å². The van der Waals surface area contributed by atoms with E-state index in [-0.39, 0.29) is 0 Å². The maximum absolute atomic E-state index is 12.0. The van der Waals surface area contributed by atoms with Crippen LogP contribution in [0.15, 0.2) is 15.9 Å². The number of thiophene rings is 1. The molecule has 96 valence electrons. The molecule has 0 aliphatic carbocycles. The van der Waals surface area contributed by atoms with Crippen LogP contribution in [0.1, 0.15) is 24.1 Å². The largest absolute Gasteiger partial charge is 0.279 e. The average Bonchev–Trinajstić information content (AvgIpc) is 2.74. The molecule has 2 rings (SSSR count). The Bertz CT molecular complexity index is 466. The van der Waals surface area contributed by atoms with Gasteiger partial charge in [-0.2, -0.15) is 17.4 Å². The lowest BCUT2D eigenvalue weighted by Gasteiger charge is -2.25. The highest BCUT2D eigenvalue weighted by Gasteiger charge is 2.23. The topological polar surface area (TPSA) is 49.4 Å². The minimum atomic E-state index is -3.31. The molecule has 0 amide bonds.